The van der Waals surface area contributed by atoms with Gasteiger partial charge in [-0.05, 0) is 31.6 Å². The highest BCUT2D eigenvalue weighted by Crippen LogP contribution is 2.20. The molecule has 2 nitrogen and oxygen atoms in total. The van der Waals surface area contributed by atoms with Crippen molar-refractivity contribution in [1.82, 2.24) is 0 Å². The van der Waals surface area contributed by atoms with Crippen LogP contribution in [-0.2, 0) is 0 Å². The third-order valence-corrected chi connectivity index (χ3v) is 2.32. The molecule has 0 heterocycles. The zero-order chi connectivity index (χ0) is 7.56. The Morgan fingerprint density at radius 2 is 1.40 bits per heavy atom. The molecule has 2 heteroatoms. The van der Waals surface area contributed by atoms with Crippen molar-refractivity contribution in [3.8, 4) is 0 Å². The van der Waals surface area contributed by atoms with Gasteiger partial charge < -0.3 is 11.5 Å². The summed E-state index contributed by atoms with van der Waals surface area (Å²) in [5, 5.41) is 0. The van der Waals surface area contributed by atoms with Gasteiger partial charge in [-0.2, -0.15) is 0 Å². The van der Waals surface area contributed by atoms with Gasteiger partial charge in [0, 0.05) is 12.1 Å². The summed E-state index contributed by atoms with van der Waals surface area (Å²) in [5.41, 5.74) is 11.7. The molecule has 2 unspecified atom stereocenters. The lowest BCUT2D eigenvalue weighted by molar-refractivity contribution is 0.452. The van der Waals surface area contributed by atoms with Gasteiger partial charge in [0.2, 0.25) is 0 Å². The van der Waals surface area contributed by atoms with Crippen molar-refractivity contribution >= 4 is 0 Å². The van der Waals surface area contributed by atoms with Gasteiger partial charge in [0.25, 0.3) is 0 Å². The fourth-order valence-corrected chi connectivity index (χ4v) is 1.79. The Bertz CT molecular complexity index is 91.4. The summed E-state index contributed by atoms with van der Waals surface area (Å²) in [6.07, 6.45) is 4.55. The molecular weight excluding hydrogens is 124 g/mol. The first-order valence-corrected chi connectivity index (χ1v) is 4.19. The van der Waals surface area contributed by atoms with Crippen LogP contribution < -0.4 is 11.5 Å². The van der Waals surface area contributed by atoms with Gasteiger partial charge in [-0.3, -0.25) is 0 Å². The van der Waals surface area contributed by atoms with Gasteiger partial charge in [0.1, 0.15) is 0 Å². The largest absolute Gasteiger partial charge is 0.328 e. The number of nitrogens with two attached hydrogens (primary N) is 2. The Labute approximate surface area is 63.0 Å². The SMILES string of the molecule is CC1CC(N)CC[C@@H](N)C1. The molecule has 4 N–H and O–H groups in total. The van der Waals surface area contributed by atoms with E-state index in [0.29, 0.717) is 12.1 Å². The average molecular weight is 142 g/mol. The third kappa shape index (κ3) is 2.27. The van der Waals surface area contributed by atoms with Crippen LogP contribution in [0.3, 0.4) is 0 Å². The maximum atomic E-state index is 5.83. The predicted octanol–water partition coefficient (Wildman–Crippen LogP) is 0.851. The molecule has 1 saturated carbocycles. The predicted molar refractivity (Wildman–Crippen MR) is 43.6 cm³/mol. The van der Waals surface area contributed by atoms with E-state index in [9.17, 15) is 0 Å². The fourth-order valence-electron chi connectivity index (χ4n) is 1.79. The molecule has 3 atom stereocenters. The number of hydrogen-bond donors (Lipinski definition) is 2. The minimum atomic E-state index is 0.406. The maximum absolute atomic E-state index is 5.83. The van der Waals surface area contributed by atoms with Crippen molar-refractivity contribution in [2.45, 2.75) is 44.7 Å². The van der Waals surface area contributed by atoms with Crippen LogP contribution in [0, 0.1) is 5.92 Å². The van der Waals surface area contributed by atoms with Gasteiger partial charge in [0.15, 0.2) is 0 Å². The van der Waals surface area contributed by atoms with E-state index in [1.54, 1.807) is 0 Å². The molecular formula is C8H18N2. The van der Waals surface area contributed by atoms with Crippen molar-refractivity contribution in [3.63, 3.8) is 0 Å². The summed E-state index contributed by atoms with van der Waals surface area (Å²) >= 11 is 0. The molecule has 60 valence electrons. The average Bonchev–Trinajstić information content (AvgIpc) is 1.93. The van der Waals surface area contributed by atoms with Crippen LogP contribution in [0.25, 0.3) is 0 Å². The summed E-state index contributed by atoms with van der Waals surface area (Å²) < 4.78 is 0. The number of hydrogen-bond acceptors (Lipinski definition) is 2. The van der Waals surface area contributed by atoms with Crippen molar-refractivity contribution < 1.29 is 0 Å². The third-order valence-electron chi connectivity index (χ3n) is 2.32. The molecule has 10 heavy (non-hydrogen) atoms. The molecule has 1 fully saturated rings. The first-order valence-electron chi connectivity index (χ1n) is 4.19. The summed E-state index contributed by atoms with van der Waals surface area (Å²) in [6.45, 7) is 2.24. The van der Waals surface area contributed by atoms with Gasteiger partial charge in [-0.25, -0.2) is 0 Å². The Morgan fingerprint density at radius 1 is 1.00 bits per heavy atom. The monoisotopic (exact) mass is 142 g/mol. The molecule has 0 aliphatic heterocycles. The van der Waals surface area contributed by atoms with Gasteiger partial charge in [-0.1, -0.05) is 6.92 Å². The molecule has 0 aromatic heterocycles. The highest BCUT2D eigenvalue weighted by atomic mass is 14.7. The van der Waals surface area contributed by atoms with Crippen LogP contribution in [0.4, 0.5) is 0 Å². The van der Waals surface area contributed by atoms with E-state index in [1.807, 2.05) is 0 Å². The fraction of sp³-hybridized carbons (Fsp3) is 1.00. The van der Waals surface area contributed by atoms with Gasteiger partial charge in [0.05, 0.1) is 0 Å². The minimum Gasteiger partial charge on any atom is -0.328 e. The molecule has 0 aromatic carbocycles. The lowest BCUT2D eigenvalue weighted by Crippen LogP contribution is -2.21. The lowest BCUT2D eigenvalue weighted by Gasteiger charge is -2.11. The molecule has 0 amide bonds. The van der Waals surface area contributed by atoms with Crippen LogP contribution in [0.15, 0.2) is 0 Å². The second-order valence-corrected chi connectivity index (χ2v) is 3.67. The van der Waals surface area contributed by atoms with Crippen molar-refractivity contribution in [3.05, 3.63) is 0 Å². The van der Waals surface area contributed by atoms with Crippen LogP contribution >= 0.6 is 0 Å². The summed E-state index contributed by atoms with van der Waals surface area (Å²) in [5.74, 6) is 0.729. The van der Waals surface area contributed by atoms with Gasteiger partial charge in [-0.15, -0.1) is 0 Å². The maximum Gasteiger partial charge on any atom is 0.00419 e. The van der Waals surface area contributed by atoms with Crippen LogP contribution in [-0.4, -0.2) is 12.1 Å². The second kappa shape index (κ2) is 3.35. The van der Waals surface area contributed by atoms with E-state index < -0.39 is 0 Å². The highest BCUT2D eigenvalue weighted by molar-refractivity contribution is 4.77. The van der Waals surface area contributed by atoms with E-state index in [-0.39, 0.29) is 0 Å². The quantitative estimate of drug-likeness (QED) is 0.493. The standard InChI is InChI=1S/C8H18N2/c1-6-4-7(9)2-3-8(10)5-6/h6-8H,2-5,9-10H2,1H3/t6?,7-,8?/m1/s1. The Morgan fingerprint density at radius 3 is 1.80 bits per heavy atom. The second-order valence-electron chi connectivity index (χ2n) is 3.67. The first kappa shape index (κ1) is 8.02. The van der Waals surface area contributed by atoms with E-state index in [1.165, 1.54) is 0 Å². The number of rotatable bonds is 0. The van der Waals surface area contributed by atoms with E-state index in [4.69, 9.17) is 11.5 Å². The zero-order valence-corrected chi connectivity index (χ0v) is 6.72. The van der Waals surface area contributed by atoms with Crippen molar-refractivity contribution in [1.29, 1.82) is 0 Å². The van der Waals surface area contributed by atoms with Gasteiger partial charge >= 0.3 is 0 Å². The molecule has 0 spiro atoms. The molecule has 0 aromatic rings. The minimum absolute atomic E-state index is 0.406. The molecule has 1 rings (SSSR count). The molecule has 0 bridgehead atoms. The zero-order valence-electron chi connectivity index (χ0n) is 6.72. The van der Waals surface area contributed by atoms with E-state index >= 15 is 0 Å². The Hall–Kier alpha value is -0.0800. The molecule has 1 aliphatic carbocycles. The van der Waals surface area contributed by atoms with Crippen molar-refractivity contribution in [2.75, 3.05) is 0 Å². The topological polar surface area (TPSA) is 52.0 Å². The van der Waals surface area contributed by atoms with E-state index in [2.05, 4.69) is 6.92 Å². The summed E-state index contributed by atoms with van der Waals surface area (Å²) in [4.78, 5) is 0. The molecule has 0 saturated heterocycles. The van der Waals surface area contributed by atoms with Crippen LogP contribution in [0.5, 0.6) is 0 Å². The smallest absolute Gasteiger partial charge is 0.00419 e. The lowest BCUT2D eigenvalue weighted by atomic mass is 10.00. The summed E-state index contributed by atoms with van der Waals surface area (Å²) in [6, 6.07) is 0.812. The molecule has 0 radical (unpaired) electrons. The Kier molecular flexibility index (Phi) is 2.69. The highest BCUT2D eigenvalue weighted by Gasteiger charge is 2.18. The first-order chi connectivity index (χ1) is 4.68. The Balaban J connectivity index is 2.38. The van der Waals surface area contributed by atoms with Crippen LogP contribution in [0.2, 0.25) is 0 Å². The summed E-state index contributed by atoms with van der Waals surface area (Å²) in [7, 11) is 0. The molecule has 1 aliphatic rings. The van der Waals surface area contributed by atoms with Crippen molar-refractivity contribution in [2.24, 2.45) is 17.4 Å². The van der Waals surface area contributed by atoms with Crippen LogP contribution in [0.1, 0.15) is 32.6 Å². The van der Waals surface area contributed by atoms with E-state index in [0.717, 1.165) is 31.6 Å². The normalized spacial score (nSPS) is 42.9.